The fourth-order valence-electron chi connectivity index (χ4n) is 3.33. The Bertz CT molecular complexity index is 221. The van der Waals surface area contributed by atoms with E-state index in [-0.39, 0.29) is 0 Å². The van der Waals surface area contributed by atoms with E-state index < -0.39 is 0 Å². The number of hydrogen-bond donors (Lipinski definition) is 0. The lowest BCUT2D eigenvalue weighted by atomic mass is 9.95. The Morgan fingerprint density at radius 2 is 1.82 bits per heavy atom. The van der Waals surface area contributed by atoms with Gasteiger partial charge in [-0.05, 0) is 64.6 Å². The zero-order valence-electron chi connectivity index (χ0n) is 12.0. The molecule has 100 valence electrons. The first kappa shape index (κ1) is 13.4. The molecule has 0 amide bonds. The molecule has 0 aromatic heterocycles. The van der Waals surface area contributed by atoms with E-state index in [1.807, 2.05) is 0 Å². The van der Waals surface area contributed by atoms with E-state index in [9.17, 15) is 0 Å². The van der Waals surface area contributed by atoms with Crippen molar-refractivity contribution in [1.82, 2.24) is 9.80 Å². The molecule has 2 atom stereocenters. The highest BCUT2D eigenvalue weighted by Gasteiger charge is 2.28. The predicted molar refractivity (Wildman–Crippen MR) is 74.3 cm³/mol. The van der Waals surface area contributed by atoms with Gasteiger partial charge in [-0.2, -0.15) is 0 Å². The van der Waals surface area contributed by atoms with E-state index in [1.54, 1.807) is 0 Å². The Morgan fingerprint density at radius 3 is 2.47 bits per heavy atom. The highest BCUT2D eigenvalue weighted by atomic mass is 15.2. The van der Waals surface area contributed by atoms with Crippen LogP contribution in [0, 0.1) is 5.92 Å². The van der Waals surface area contributed by atoms with Gasteiger partial charge < -0.3 is 0 Å². The molecule has 2 heterocycles. The molecule has 1 unspecified atom stereocenters. The minimum atomic E-state index is 0.779. The van der Waals surface area contributed by atoms with E-state index in [0.717, 1.165) is 18.0 Å². The van der Waals surface area contributed by atoms with Gasteiger partial charge in [-0.15, -0.1) is 0 Å². The van der Waals surface area contributed by atoms with Gasteiger partial charge in [0, 0.05) is 18.6 Å². The average Bonchev–Trinajstić information content (AvgIpc) is 2.39. The van der Waals surface area contributed by atoms with Crippen molar-refractivity contribution in [3.8, 4) is 0 Å². The van der Waals surface area contributed by atoms with Gasteiger partial charge in [0.25, 0.3) is 0 Å². The molecular weight excluding hydrogens is 208 g/mol. The van der Waals surface area contributed by atoms with Gasteiger partial charge in [-0.3, -0.25) is 9.80 Å². The van der Waals surface area contributed by atoms with E-state index in [4.69, 9.17) is 0 Å². The van der Waals surface area contributed by atoms with Crippen LogP contribution in [0.2, 0.25) is 0 Å². The van der Waals surface area contributed by atoms with Crippen molar-refractivity contribution in [2.24, 2.45) is 5.92 Å². The summed E-state index contributed by atoms with van der Waals surface area (Å²) in [6.07, 6.45) is 6.96. The number of hydrogen-bond acceptors (Lipinski definition) is 2. The lowest BCUT2D eigenvalue weighted by Crippen LogP contribution is -2.52. The normalized spacial score (nSPS) is 31.6. The van der Waals surface area contributed by atoms with Crippen LogP contribution in [0.15, 0.2) is 0 Å². The Hall–Kier alpha value is -0.0800. The van der Waals surface area contributed by atoms with Crippen molar-refractivity contribution >= 4 is 0 Å². The molecule has 2 rings (SSSR count). The molecule has 0 saturated carbocycles. The third kappa shape index (κ3) is 3.45. The maximum atomic E-state index is 2.77. The molecule has 0 spiro atoms. The van der Waals surface area contributed by atoms with E-state index >= 15 is 0 Å². The average molecular weight is 238 g/mol. The first-order chi connectivity index (χ1) is 8.20. The van der Waals surface area contributed by atoms with Crippen molar-refractivity contribution in [2.45, 2.75) is 65.0 Å². The number of nitrogens with zero attached hydrogens (tertiary/aromatic N) is 2. The van der Waals surface area contributed by atoms with Gasteiger partial charge in [0.1, 0.15) is 0 Å². The third-order valence-corrected chi connectivity index (χ3v) is 4.98. The Labute approximate surface area is 107 Å². The number of piperidine rings is 2. The minimum absolute atomic E-state index is 0.779. The van der Waals surface area contributed by atoms with Crippen LogP contribution in [0.3, 0.4) is 0 Å². The van der Waals surface area contributed by atoms with Crippen LogP contribution in [0.25, 0.3) is 0 Å². The maximum absolute atomic E-state index is 2.77. The lowest BCUT2D eigenvalue weighted by molar-refractivity contribution is 0.0545. The highest BCUT2D eigenvalue weighted by molar-refractivity contribution is 4.85. The molecule has 0 aliphatic carbocycles. The molecule has 17 heavy (non-hydrogen) atoms. The van der Waals surface area contributed by atoms with Crippen molar-refractivity contribution in [2.75, 3.05) is 26.2 Å². The van der Waals surface area contributed by atoms with Gasteiger partial charge in [-0.1, -0.05) is 13.8 Å². The minimum Gasteiger partial charge on any atom is -0.299 e. The fourth-order valence-corrected chi connectivity index (χ4v) is 3.33. The summed E-state index contributed by atoms with van der Waals surface area (Å²) in [5, 5.41) is 0. The molecule has 0 N–H and O–H groups in total. The molecular formula is C15H30N2. The summed E-state index contributed by atoms with van der Waals surface area (Å²) in [4.78, 5) is 5.49. The summed E-state index contributed by atoms with van der Waals surface area (Å²) < 4.78 is 0. The van der Waals surface area contributed by atoms with Gasteiger partial charge >= 0.3 is 0 Å². The van der Waals surface area contributed by atoms with Crippen LogP contribution in [-0.2, 0) is 0 Å². The first-order valence-electron chi connectivity index (χ1n) is 7.68. The molecule has 2 saturated heterocycles. The van der Waals surface area contributed by atoms with Crippen molar-refractivity contribution in [3.05, 3.63) is 0 Å². The number of rotatable bonds is 3. The Morgan fingerprint density at radius 1 is 1.12 bits per heavy atom. The van der Waals surface area contributed by atoms with Crippen molar-refractivity contribution < 1.29 is 0 Å². The van der Waals surface area contributed by atoms with Crippen molar-refractivity contribution in [3.63, 3.8) is 0 Å². The van der Waals surface area contributed by atoms with Gasteiger partial charge in [-0.25, -0.2) is 0 Å². The first-order valence-corrected chi connectivity index (χ1v) is 7.68. The molecule has 2 nitrogen and oxygen atoms in total. The molecule has 0 bridgehead atoms. The summed E-state index contributed by atoms with van der Waals surface area (Å²) in [5.74, 6) is 0.959. The summed E-state index contributed by atoms with van der Waals surface area (Å²) in [6, 6.07) is 1.63. The van der Waals surface area contributed by atoms with E-state index in [0.29, 0.717) is 0 Å². The van der Waals surface area contributed by atoms with E-state index in [1.165, 1.54) is 58.3 Å². The smallest absolute Gasteiger partial charge is 0.0223 e. The van der Waals surface area contributed by atoms with Crippen LogP contribution in [0.5, 0.6) is 0 Å². The summed E-state index contributed by atoms with van der Waals surface area (Å²) >= 11 is 0. The monoisotopic (exact) mass is 238 g/mol. The number of likely N-dealkylation sites (tertiary alicyclic amines) is 2. The fraction of sp³-hybridized carbons (Fsp3) is 1.00. The summed E-state index contributed by atoms with van der Waals surface area (Å²) in [6.45, 7) is 12.5. The molecule has 2 fully saturated rings. The second kappa shape index (κ2) is 6.19. The van der Waals surface area contributed by atoms with Gasteiger partial charge in [0.15, 0.2) is 0 Å². The lowest BCUT2D eigenvalue weighted by Gasteiger charge is -2.43. The Balaban J connectivity index is 1.84. The van der Waals surface area contributed by atoms with Crippen LogP contribution < -0.4 is 0 Å². The largest absolute Gasteiger partial charge is 0.299 e. The van der Waals surface area contributed by atoms with Crippen LogP contribution in [0.4, 0.5) is 0 Å². The van der Waals surface area contributed by atoms with Crippen LogP contribution in [-0.4, -0.2) is 48.1 Å². The van der Waals surface area contributed by atoms with Crippen LogP contribution >= 0.6 is 0 Å². The molecule has 0 radical (unpaired) electrons. The summed E-state index contributed by atoms with van der Waals surface area (Å²) in [5.41, 5.74) is 0. The molecule has 2 heteroatoms. The zero-order valence-corrected chi connectivity index (χ0v) is 12.0. The second-order valence-corrected chi connectivity index (χ2v) is 6.27. The second-order valence-electron chi connectivity index (χ2n) is 6.27. The Kier molecular flexibility index (Phi) is 4.87. The van der Waals surface area contributed by atoms with Gasteiger partial charge in [0.2, 0.25) is 0 Å². The molecule has 0 aromatic carbocycles. The zero-order chi connectivity index (χ0) is 12.3. The van der Waals surface area contributed by atoms with Gasteiger partial charge in [0.05, 0.1) is 0 Å². The summed E-state index contributed by atoms with van der Waals surface area (Å²) in [7, 11) is 0. The quantitative estimate of drug-likeness (QED) is 0.746. The molecule has 2 aliphatic rings. The predicted octanol–water partition coefficient (Wildman–Crippen LogP) is 2.98. The third-order valence-electron chi connectivity index (χ3n) is 4.98. The van der Waals surface area contributed by atoms with E-state index in [2.05, 4.69) is 30.6 Å². The molecule has 0 aromatic rings. The maximum Gasteiger partial charge on any atom is 0.0223 e. The highest BCUT2D eigenvalue weighted by Crippen LogP contribution is 2.24. The SMILES string of the molecule is CCC(C)N1CCC[C@H](N2CCC(C)CC2)C1. The van der Waals surface area contributed by atoms with Crippen molar-refractivity contribution in [1.29, 1.82) is 0 Å². The molecule has 2 aliphatic heterocycles. The topological polar surface area (TPSA) is 6.48 Å². The van der Waals surface area contributed by atoms with Crippen LogP contribution in [0.1, 0.15) is 52.9 Å². The standard InChI is InChI=1S/C15H30N2/c1-4-14(3)17-9-5-6-15(12-17)16-10-7-13(2)8-11-16/h13-15H,4-12H2,1-3H3/t14?,15-/m0/s1.